The second-order valence-corrected chi connectivity index (χ2v) is 3.11. The Bertz CT molecular complexity index is 435. The molecule has 0 amide bonds. The van der Waals surface area contributed by atoms with Crippen molar-refractivity contribution in [2.75, 3.05) is 5.73 Å². The fourth-order valence-electron chi connectivity index (χ4n) is 1.33. The molecule has 1 heterocycles. The second kappa shape index (κ2) is 3.46. The number of hydrogen-bond acceptors (Lipinski definition) is 3. The summed E-state index contributed by atoms with van der Waals surface area (Å²) in [5.41, 5.74) is 9.25. The van der Waals surface area contributed by atoms with E-state index in [-0.39, 0.29) is 0 Å². The largest absolute Gasteiger partial charge is 0.399 e. The van der Waals surface area contributed by atoms with Crippen molar-refractivity contribution in [2.45, 2.75) is 6.92 Å². The maximum Gasteiger partial charge on any atom is 0.0914 e. The van der Waals surface area contributed by atoms with Gasteiger partial charge in [-0.05, 0) is 19.1 Å². The van der Waals surface area contributed by atoms with Crippen LogP contribution in [0.5, 0.6) is 0 Å². The van der Waals surface area contributed by atoms with Gasteiger partial charge in [-0.3, -0.25) is 9.97 Å². The van der Waals surface area contributed by atoms with Gasteiger partial charge in [-0.25, -0.2) is 0 Å². The summed E-state index contributed by atoms with van der Waals surface area (Å²) < 4.78 is 0. The van der Waals surface area contributed by atoms with Crippen molar-refractivity contribution < 1.29 is 0 Å². The third-order valence-electron chi connectivity index (χ3n) is 2.07. The van der Waals surface area contributed by atoms with Crippen LogP contribution in [-0.2, 0) is 0 Å². The van der Waals surface area contributed by atoms with Crippen molar-refractivity contribution in [2.24, 2.45) is 0 Å². The lowest BCUT2D eigenvalue weighted by Gasteiger charge is -2.03. The molecule has 0 fully saturated rings. The first-order valence-corrected chi connectivity index (χ1v) is 4.41. The molecule has 0 aliphatic heterocycles. The summed E-state index contributed by atoms with van der Waals surface area (Å²) in [6.07, 6.45) is 3.38. The van der Waals surface area contributed by atoms with Crippen molar-refractivity contribution in [1.29, 1.82) is 0 Å². The van der Waals surface area contributed by atoms with Crippen molar-refractivity contribution in [1.82, 2.24) is 9.97 Å². The van der Waals surface area contributed by atoms with Crippen molar-refractivity contribution >= 4 is 5.69 Å². The van der Waals surface area contributed by atoms with Crippen molar-refractivity contribution in [3.63, 3.8) is 0 Å². The second-order valence-electron chi connectivity index (χ2n) is 3.11. The van der Waals surface area contributed by atoms with E-state index < -0.39 is 0 Å². The number of benzene rings is 1. The molecule has 2 N–H and O–H groups in total. The third kappa shape index (κ3) is 1.57. The Hall–Kier alpha value is -1.90. The Balaban J connectivity index is 2.50. The van der Waals surface area contributed by atoms with Gasteiger partial charge in [0, 0.05) is 23.6 Å². The summed E-state index contributed by atoms with van der Waals surface area (Å²) in [5, 5.41) is 0. The number of anilines is 1. The summed E-state index contributed by atoms with van der Waals surface area (Å²) >= 11 is 0. The van der Waals surface area contributed by atoms with Crippen molar-refractivity contribution in [3.05, 3.63) is 42.4 Å². The van der Waals surface area contributed by atoms with Crippen LogP contribution >= 0.6 is 0 Å². The summed E-state index contributed by atoms with van der Waals surface area (Å²) in [6.45, 7) is 1.94. The molecular formula is C11H11N3. The minimum atomic E-state index is 0.760. The first-order valence-electron chi connectivity index (χ1n) is 4.41. The normalized spacial score (nSPS) is 10.1. The first kappa shape index (κ1) is 8.69. The topological polar surface area (TPSA) is 51.8 Å². The third-order valence-corrected chi connectivity index (χ3v) is 2.07. The zero-order valence-corrected chi connectivity index (χ0v) is 7.94. The molecule has 1 aromatic heterocycles. The highest BCUT2D eigenvalue weighted by Crippen LogP contribution is 2.19. The van der Waals surface area contributed by atoms with Gasteiger partial charge in [0.1, 0.15) is 0 Å². The number of aromatic nitrogens is 2. The van der Waals surface area contributed by atoms with E-state index in [2.05, 4.69) is 9.97 Å². The standard InChI is InChI=1S/C11H11N3/c1-8-11(14-7-6-13-8)9-2-4-10(12)5-3-9/h2-7H,12H2,1H3. The number of aryl methyl sites for hydroxylation is 1. The van der Waals surface area contributed by atoms with E-state index in [9.17, 15) is 0 Å². The van der Waals surface area contributed by atoms with Gasteiger partial charge in [-0.2, -0.15) is 0 Å². The number of nitrogens with two attached hydrogens (primary N) is 1. The fraction of sp³-hybridized carbons (Fsp3) is 0.0909. The molecule has 0 radical (unpaired) electrons. The maximum absolute atomic E-state index is 5.61. The lowest BCUT2D eigenvalue weighted by molar-refractivity contribution is 1.12. The van der Waals surface area contributed by atoms with Gasteiger partial charge in [-0.15, -0.1) is 0 Å². The molecule has 14 heavy (non-hydrogen) atoms. The molecule has 3 nitrogen and oxygen atoms in total. The van der Waals surface area contributed by atoms with Crippen LogP contribution in [-0.4, -0.2) is 9.97 Å². The van der Waals surface area contributed by atoms with E-state index in [1.165, 1.54) is 0 Å². The van der Waals surface area contributed by atoms with Gasteiger partial charge < -0.3 is 5.73 Å². The molecule has 0 aliphatic carbocycles. The minimum Gasteiger partial charge on any atom is -0.399 e. The predicted molar refractivity (Wildman–Crippen MR) is 56.6 cm³/mol. The van der Waals surface area contributed by atoms with Crippen molar-refractivity contribution in [3.8, 4) is 11.3 Å². The van der Waals surface area contributed by atoms with Crippen LogP contribution in [0.4, 0.5) is 5.69 Å². The van der Waals surface area contributed by atoms with Gasteiger partial charge in [0.15, 0.2) is 0 Å². The molecule has 70 valence electrons. The van der Waals surface area contributed by atoms with Crippen LogP contribution < -0.4 is 5.73 Å². The summed E-state index contributed by atoms with van der Waals surface area (Å²) in [7, 11) is 0. The van der Waals surface area contributed by atoms with E-state index in [0.717, 1.165) is 22.6 Å². The highest BCUT2D eigenvalue weighted by Gasteiger charge is 2.02. The molecule has 2 rings (SSSR count). The van der Waals surface area contributed by atoms with Gasteiger partial charge in [0.05, 0.1) is 11.4 Å². The van der Waals surface area contributed by atoms with Gasteiger partial charge >= 0.3 is 0 Å². The molecule has 0 spiro atoms. The average Bonchev–Trinajstić information content (AvgIpc) is 2.20. The van der Waals surface area contributed by atoms with E-state index in [1.807, 2.05) is 31.2 Å². The summed E-state index contributed by atoms with van der Waals surface area (Å²) in [5.74, 6) is 0. The zero-order chi connectivity index (χ0) is 9.97. The monoisotopic (exact) mass is 185 g/mol. The van der Waals surface area contributed by atoms with Crippen LogP contribution in [0.3, 0.4) is 0 Å². The molecule has 0 atom stereocenters. The molecule has 1 aromatic carbocycles. The smallest absolute Gasteiger partial charge is 0.0914 e. The zero-order valence-electron chi connectivity index (χ0n) is 7.94. The molecule has 0 aliphatic rings. The Kier molecular flexibility index (Phi) is 2.14. The van der Waals surface area contributed by atoms with Crippen LogP contribution in [0.15, 0.2) is 36.7 Å². The molecule has 2 aromatic rings. The molecular weight excluding hydrogens is 174 g/mol. The van der Waals surface area contributed by atoms with E-state index in [0.29, 0.717) is 0 Å². The van der Waals surface area contributed by atoms with E-state index in [4.69, 9.17) is 5.73 Å². The maximum atomic E-state index is 5.61. The summed E-state index contributed by atoms with van der Waals surface area (Å²) in [6, 6.07) is 7.63. The summed E-state index contributed by atoms with van der Waals surface area (Å²) in [4.78, 5) is 8.46. The first-order chi connectivity index (χ1) is 6.77. The van der Waals surface area contributed by atoms with Gasteiger partial charge in [-0.1, -0.05) is 12.1 Å². The quantitative estimate of drug-likeness (QED) is 0.691. The Morgan fingerprint density at radius 2 is 1.64 bits per heavy atom. The van der Waals surface area contributed by atoms with Crippen LogP contribution in [0.1, 0.15) is 5.69 Å². The molecule has 3 heteroatoms. The lowest BCUT2D eigenvalue weighted by Crippen LogP contribution is -1.91. The number of nitrogen functional groups attached to an aromatic ring is 1. The van der Waals surface area contributed by atoms with E-state index in [1.54, 1.807) is 12.4 Å². The average molecular weight is 185 g/mol. The molecule has 0 unspecified atom stereocenters. The number of hydrogen-bond donors (Lipinski definition) is 1. The SMILES string of the molecule is Cc1nccnc1-c1ccc(N)cc1. The number of rotatable bonds is 1. The Morgan fingerprint density at radius 3 is 2.29 bits per heavy atom. The van der Waals surface area contributed by atoms with Crippen LogP contribution in [0, 0.1) is 6.92 Å². The molecule has 0 saturated carbocycles. The molecule has 0 bridgehead atoms. The van der Waals surface area contributed by atoms with Crippen LogP contribution in [0.2, 0.25) is 0 Å². The van der Waals surface area contributed by atoms with Crippen LogP contribution in [0.25, 0.3) is 11.3 Å². The highest BCUT2D eigenvalue weighted by atomic mass is 14.8. The Labute approximate surface area is 82.6 Å². The van der Waals surface area contributed by atoms with E-state index >= 15 is 0 Å². The lowest BCUT2D eigenvalue weighted by atomic mass is 10.1. The fourth-order valence-corrected chi connectivity index (χ4v) is 1.33. The molecule has 0 saturated heterocycles. The van der Waals surface area contributed by atoms with Gasteiger partial charge in [0.2, 0.25) is 0 Å². The van der Waals surface area contributed by atoms with Gasteiger partial charge in [0.25, 0.3) is 0 Å². The minimum absolute atomic E-state index is 0.760. The number of nitrogens with zero attached hydrogens (tertiary/aromatic N) is 2. The predicted octanol–water partition coefficient (Wildman–Crippen LogP) is 2.03. The Morgan fingerprint density at radius 1 is 1.00 bits per heavy atom. The highest BCUT2D eigenvalue weighted by molar-refractivity contribution is 5.63.